The van der Waals surface area contributed by atoms with Crippen LogP contribution in [0.1, 0.15) is 27.5 Å². The van der Waals surface area contributed by atoms with Crippen LogP contribution in [0.25, 0.3) is 16.8 Å². The van der Waals surface area contributed by atoms with Crippen molar-refractivity contribution in [2.75, 3.05) is 26.2 Å². The number of rotatable bonds is 7. The normalized spacial score (nSPS) is 16.5. The van der Waals surface area contributed by atoms with Gasteiger partial charge in [-0.1, -0.05) is 18.2 Å². The monoisotopic (exact) mass is 529 g/mol. The van der Waals surface area contributed by atoms with Crippen molar-refractivity contribution >= 4 is 40.4 Å². The first-order valence-corrected chi connectivity index (χ1v) is 11.7. The lowest BCUT2D eigenvalue weighted by Crippen LogP contribution is -2.30. The maximum absolute atomic E-state index is 13.5. The zero-order valence-electron chi connectivity index (χ0n) is 21.1. The second kappa shape index (κ2) is 9.86. The van der Waals surface area contributed by atoms with Crippen LogP contribution in [-0.4, -0.2) is 59.2 Å². The average Bonchev–Trinajstić information content (AvgIpc) is 3.49. The Morgan fingerprint density at radius 3 is 2.18 bits per heavy atom. The van der Waals surface area contributed by atoms with Gasteiger partial charge in [0.25, 0.3) is 5.78 Å². The highest BCUT2D eigenvalue weighted by atomic mass is 16.5. The minimum absolute atomic E-state index is 0.00139. The summed E-state index contributed by atoms with van der Waals surface area (Å²) < 4.78 is 16.1. The van der Waals surface area contributed by atoms with Crippen molar-refractivity contribution in [1.82, 2.24) is 9.97 Å². The maximum atomic E-state index is 13.5. The number of aromatic amines is 1. The number of hydrogen-bond donors (Lipinski definition) is 3. The van der Waals surface area contributed by atoms with Crippen molar-refractivity contribution in [3.05, 3.63) is 82.9 Å². The highest BCUT2D eigenvalue weighted by Gasteiger charge is 2.48. The van der Waals surface area contributed by atoms with Gasteiger partial charge in [0.05, 0.1) is 49.5 Å². The van der Waals surface area contributed by atoms with Gasteiger partial charge in [-0.15, -0.1) is 0 Å². The molecule has 3 N–H and O–H groups in total. The number of amides is 1. The van der Waals surface area contributed by atoms with E-state index in [2.05, 4.69) is 9.97 Å². The highest BCUT2D eigenvalue weighted by Crippen LogP contribution is 2.45. The van der Waals surface area contributed by atoms with Crippen LogP contribution in [0.5, 0.6) is 17.2 Å². The Kier molecular flexibility index (Phi) is 6.40. The molecular weight excluding hydrogens is 506 g/mol. The largest absolute Gasteiger partial charge is 0.506 e. The number of hydrogen-bond acceptors (Lipinski definition) is 8. The van der Waals surface area contributed by atoms with E-state index in [0.29, 0.717) is 22.3 Å². The van der Waals surface area contributed by atoms with Gasteiger partial charge in [0.2, 0.25) is 5.95 Å². The standard InChI is InChI=1S/C28H23N3O8/c1-37-16-10-7-14(8-11-16)23-22(24(32)21-19(38-2)5-4-6-20(21)39-3)25(33)26(34)31(23)28-29-17-12-9-15(27(35)36)13-18(17)30-28/h4-13,23,32H,1-3H3,(H,29,30)(H,35,36)/b24-22+. The summed E-state index contributed by atoms with van der Waals surface area (Å²) in [5.74, 6) is -2.49. The number of ether oxygens (including phenoxy) is 3. The van der Waals surface area contributed by atoms with Crippen LogP contribution in [0, 0.1) is 0 Å². The average molecular weight is 530 g/mol. The fourth-order valence-corrected chi connectivity index (χ4v) is 4.62. The Morgan fingerprint density at radius 1 is 0.923 bits per heavy atom. The van der Waals surface area contributed by atoms with E-state index in [0.717, 1.165) is 4.90 Å². The second-order valence-corrected chi connectivity index (χ2v) is 8.58. The molecule has 3 aromatic carbocycles. The number of carboxylic acids is 1. The summed E-state index contributed by atoms with van der Waals surface area (Å²) in [7, 11) is 4.32. The number of Topliss-reactive ketones (excluding diaryl/α,β-unsaturated/α-hetero) is 1. The molecular formula is C28H23N3O8. The number of carboxylic acid groups (broad SMARTS) is 1. The predicted molar refractivity (Wildman–Crippen MR) is 140 cm³/mol. The van der Waals surface area contributed by atoms with Crippen molar-refractivity contribution in [3.8, 4) is 17.2 Å². The molecule has 1 atom stereocenters. The third kappa shape index (κ3) is 4.19. The van der Waals surface area contributed by atoms with Gasteiger partial charge in [0, 0.05) is 0 Å². The molecule has 1 amide bonds. The molecule has 1 fully saturated rings. The van der Waals surface area contributed by atoms with E-state index >= 15 is 0 Å². The van der Waals surface area contributed by atoms with E-state index in [9.17, 15) is 24.6 Å². The second-order valence-electron chi connectivity index (χ2n) is 8.58. The maximum Gasteiger partial charge on any atom is 0.335 e. The van der Waals surface area contributed by atoms with Crippen molar-refractivity contribution in [3.63, 3.8) is 0 Å². The SMILES string of the molecule is COc1ccc(C2/C(=C(\O)c3c(OC)cccc3OC)C(=O)C(=O)N2c2nc3ccc(C(=O)O)cc3[nH]2)cc1. The van der Waals surface area contributed by atoms with E-state index in [-0.39, 0.29) is 34.1 Å². The summed E-state index contributed by atoms with van der Waals surface area (Å²) in [5.41, 5.74) is 1.14. The Hall–Kier alpha value is -5.32. The van der Waals surface area contributed by atoms with Gasteiger partial charge in [-0.25, -0.2) is 9.78 Å². The quantitative estimate of drug-likeness (QED) is 0.184. The molecule has 39 heavy (non-hydrogen) atoms. The number of aromatic nitrogens is 2. The number of carbonyl (C=O) groups is 3. The van der Waals surface area contributed by atoms with Gasteiger partial charge in [-0.2, -0.15) is 0 Å². The van der Waals surface area contributed by atoms with Crippen molar-refractivity contribution in [1.29, 1.82) is 0 Å². The van der Waals surface area contributed by atoms with Crippen LogP contribution in [-0.2, 0) is 9.59 Å². The number of imidazole rings is 1. The minimum Gasteiger partial charge on any atom is -0.506 e. The molecule has 2 heterocycles. The molecule has 0 bridgehead atoms. The number of methoxy groups -OCH3 is 3. The Bertz CT molecular complexity index is 1630. The van der Waals surface area contributed by atoms with Gasteiger partial charge < -0.3 is 29.4 Å². The molecule has 1 aliphatic heterocycles. The van der Waals surface area contributed by atoms with Gasteiger partial charge in [-0.05, 0) is 48.0 Å². The molecule has 1 aliphatic rings. The Balaban J connectivity index is 1.76. The molecule has 4 aromatic rings. The third-order valence-electron chi connectivity index (χ3n) is 6.49. The number of nitrogens with one attached hydrogen (secondary N) is 1. The number of aliphatic hydroxyl groups is 1. The van der Waals surface area contributed by atoms with Crippen molar-refractivity contribution in [2.45, 2.75) is 6.04 Å². The first-order valence-electron chi connectivity index (χ1n) is 11.7. The summed E-state index contributed by atoms with van der Waals surface area (Å²) >= 11 is 0. The summed E-state index contributed by atoms with van der Waals surface area (Å²) in [6.07, 6.45) is 0. The topological polar surface area (TPSA) is 151 Å². The van der Waals surface area contributed by atoms with Gasteiger partial charge >= 0.3 is 11.9 Å². The van der Waals surface area contributed by atoms with Crippen LogP contribution in [0.15, 0.2) is 66.2 Å². The van der Waals surface area contributed by atoms with Crippen LogP contribution >= 0.6 is 0 Å². The predicted octanol–water partition coefficient (Wildman–Crippen LogP) is 3.91. The number of anilines is 1. The van der Waals surface area contributed by atoms with Crippen LogP contribution < -0.4 is 19.1 Å². The molecule has 11 nitrogen and oxygen atoms in total. The Morgan fingerprint density at radius 2 is 1.59 bits per heavy atom. The third-order valence-corrected chi connectivity index (χ3v) is 6.49. The number of benzene rings is 3. The van der Waals surface area contributed by atoms with E-state index in [1.165, 1.54) is 39.5 Å². The minimum atomic E-state index is -1.13. The lowest BCUT2D eigenvalue weighted by molar-refractivity contribution is -0.132. The molecule has 1 unspecified atom stereocenters. The Labute approximate surface area is 221 Å². The summed E-state index contributed by atoms with van der Waals surface area (Å²) in [6, 6.07) is 14.7. The van der Waals surface area contributed by atoms with Crippen LogP contribution in [0.2, 0.25) is 0 Å². The molecule has 0 spiro atoms. The number of nitrogens with zero attached hydrogens (tertiary/aromatic N) is 2. The zero-order valence-corrected chi connectivity index (χ0v) is 21.1. The van der Waals surface area contributed by atoms with Crippen molar-refractivity contribution < 1.29 is 38.8 Å². The number of fused-ring (bicyclic) bond motifs is 1. The van der Waals surface area contributed by atoms with E-state index in [1.807, 2.05) is 0 Å². The van der Waals surface area contributed by atoms with E-state index in [1.54, 1.807) is 42.5 Å². The lowest BCUT2D eigenvalue weighted by atomic mass is 9.94. The summed E-state index contributed by atoms with van der Waals surface area (Å²) in [5, 5.41) is 20.9. The summed E-state index contributed by atoms with van der Waals surface area (Å²) in [6.45, 7) is 0. The number of aromatic carboxylic acids is 1. The smallest absolute Gasteiger partial charge is 0.335 e. The number of H-pyrrole nitrogens is 1. The number of ketones is 1. The fraction of sp³-hybridized carbons (Fsp3) is 0.143. The number of aliphatic hydroxyl groups excluding tert-OH is 1. The first-order chi connectivity index (χ1) is 18.8. The molecule has 5 rings (SSSR count). The fourth-order valence-electron chi connectivity index (χ4n) is 4.62. The molecule has 198 valence electrons. The van der Waals surface area contributed by atoms with Crippen LogP contribution in [0.3, 0.4) is 0 Å². The van der Waals surface area contributed by atoms with Crippen LogP contribution in [0.4, 0.5) is 5.95 Å². The number of carbonyl (C=O) groups excluding carboxylic acids is 2. The molecule has 1 aromatic heterocycles. The molecule has 0 aliphatic carbocycles. The van der Waals surface area contributed by atoms with Crippen molar-refractivity contribution in [2.24, 2.45) is 0 Å². The van der Waals surface area contributed by atoms with Gasteiger partial charge in [0.15, 0.2) is 0 Å². The van der Waals surface area contributed by atoms with E-state index < -0.39 is 29.5 Å². The van der Waals surface area contributed by atoms with Gasteiger partial charge in [0.1, 0.15) is 28.6 Å². The highest BCUT2D eigenvalue weighted by molar-refractivity contribution is 6.51. The lowest BCUT2D eigenvalue weighted by Gasteiger charge is -2.23. The molecule has 0 saturated carbocycles. The summed E-state index contributed by atoms with van der Waals surface area (Å²) in [4.78, 5) is 47.0. The molecule has 0 radical (unpaired) electrons. The molecule has 11 heteroatoms. The first kappa shape index (κ1) is 25.3. The molecule has 1 saturated heterocycles. The van der Waals surface area contributed by atoms with Gasteiger partial charge in [-0.3, -0.25) is 14.5 Å². The van der Waals surface area contributed by atoms with E-state index in [4.69, 9.17) is 14.2 Å². The zero-order chi connectivity index (χ0) is 27.8.